The van der Waals surface area contributed by atoms with Gasteiger partial charge in [0.25, 0.3) is 12.3 Å². The molecule has 1 aromatic carbocycles. The van der Waals surface area contributed by atoms with Crippen LogP contribution < -0.4 is 5.32 Å². The molecule has 0 saturated heterocycles. The van der Waals surface area contributed by atoms with Gasteiger partial charge < -0.3 is 5.32 Å². The number of fused-ring (bicyclic) bond motifs is 1. The van der Waals surface area contributed by atoms with Crippen LogP contribution in [-0.4, -0.2) is 30.3 Å². The molecular formula is C20H17BrF2N6O. The first-order chi connectivity index (χ1) is 14.5. The first kappa shape index (κ1) is 20.1. The number of carbonyl (C=O) groups is 1. The molecule has 3 heterocycles. The van der Waals surface area contributed by atoms with Crippen LogP contribution in [0.3, 0.4) is 0 Å². The second kappa shape index (κ2) is 8.31. The van der Waals surface area contributed by atoms with Crippen molar-refractivity contribution in [1.29, 1.82) is 0 Å². The number of aryl methyl sites for hydroxylation is 1. The van der Waals surface area contributed by atoms with Crippen molar-refractivity contribution in [2.75, 3.05) is 0 Å². The van der Waals surface area contributed by atoms with Crippen molar-refractivity contribution >= 4 is 27.5 Å². The highest BCUT2D eigenvalue weighted by molar-refractivity contribution is 9.10. The lowest BCUT2D eigenvalue weighted by Crippen LogP contribution is -2.24. The van der Waals surface area contributed by atoms with Gasteiger partial charge in [-0.15, -0.1) is 0 Å². The van der Waals surface area contributed by atoms with Gasteiger partial charge in [-0.1, -0.05) is 30.3 Å². The zero-order chi connectivity index (χ0) is 21.3. The number of nitrogens with zero attached hydrogens (tertiary/aromatic N) is 5. The number of benzene rings is 1. The Kier molecular flexibility index (Phi) is 5.58. The molecule has 154 valence electrons. The Labute approximate surface area is 178 Å². The maximum Gasteiger partial charge on any atom is 0.280 e. The molecule has 7 nitrogen and oxygen atoms in total. The largest absolute Gasteiger partial charge is 0.346 e. The molecule has 0 spiro atoms. The highest BCUT2D eigenvalue weighted by Gasteiger charge is 2.22. The molecular weight excluding hydrogens is 458 g/mol. The number of carbonyl (C=O) groups excluding carboxylic acids is 1. The Morgan fingerprint density at radius 2 is 1.97 bits per heavy atom. The van der Waals surface area contributed by atoms with E-state index in [9.17, 15) is 13.6 Å². The van der Waals surface area contributed by atoms with Gasteiger partial charge in [-0.2, -0.15) is 10.2 Å². The first-order valence-corrected chi connectivity index (χ1v) is 9.99. The molecule has 1 N–H and O–H groups in total. The van der Waals surface area contributed by atoms with E-state index < -0.39 is 12.3 Å². The molecule has 0 aliphatic heterocycles. The van der Waals surface area contributed by atoms with Gasteiger partial charge in [0.1, 0.15) is 11.3 Å². The van der Waals surface area contributed by atoms with Crippen molar-refractivity contribution in [3.8, 4) is 11.3 Å². The van der Waals surface area contributed by atoms with Crippen molar-refractivity contribution in [2.45, 2.75) is 26.4 Å². The van der Waals surface area contributed by atoms with E-state index in [1.807, 2.05) is 13.0 Å². The fourth-order valence-electron chi connectivity index (χ4n) is 3.15. The van der Waals surface area contributed by atoms with Crippen molar-refractivity contribution in [1.82, 2.24) is 29.7 Å². The molecule has 30 heavy (non-hydrogen) atoms. The van der Waals surface area contributed by atoms with Gasteiger partial charge in [-0.05, 0) is 28.9 Å². The van der Waals surface area contributed by atoms with E-state index in [0.717, 1.165) is 14.7 Å². The van der Waals surface area contributed by atoms with E-state index in [0.29, 0.717) is 17.8 Å². The third-order valence-electron chi connectivity index (χ3n) is 4.65. The van der Waals surface area contributed by atoms with Crippen LogP contribution >= 0.6 is 15.9 Å². The van der Waals surface area contributed by atoms with Gasteiger partial charge in [-0.25, -0.2) is 18.3 Å². The molecule has 0 fully saturated rings. The molecule has 0 unspecified atom stereocenters. The van der Waals surface area contributed by atoms with Crippen LogP contribution in [0.25, 0.3) is 16.9 Å². The topological polar surface area (TPSA) is 77.1 Å². The number of hydrogen-bond donors (Lipinski definition) is 1. The zero-order valence-electron chi connectivity index (χ0n) is 15.9. The number of hydrogen-bond acceptors (Lipinski definition) is 4. The monoisotopic (exact) mass is 474 g/mol. The van der Waals surface area contributed by atoms with Crippen LogP contribution in [0.15, 0.2) is 53.3 Å². The van der Waals surface area contributed by atoms with E-state index in [1.54, 1.807) is 35.1 Å². The zero-order valence-corrected chi connectivity index (χ0v) is 17.5. The van der Waals surface area contributed by atoms with Gasteiger partial charge in [0, 0.05) is 12.1 Å². The summed E-state index contributed by atoms with van der Waals surface area (Å²) in [6.45, 7) is 2.80. The second-order valence-corrected chi connectivity index (χ2v) is 7.32. The van der Waals surface area contributed by atoms with Crippen molar-refractivity contribution in [3.05, 3.63) is 70.2 Å². The minimum absolute atomic E-state index is 0.0761. The molecule has 10 heteroatoms. The normalized spacial score (nSPS) is 11.4. The molecule has 0 saturated carbocycles. The van der Waals surface area contributed by atoms with E-state index in [1.165, 1.54) is 12.3 Å². The van der Waals surface area contributed by atoms with E-state index >= 15 is 0 Å². The van der Waals surface area contributed by atoms with Gasteiger partial charge in [0.05, 0.1) is 34.8 Å². The summed E-state index contributed by atoms with van der Waals surface area (Å²) in [7, 11) is 0. The number of alkyl halides is 2. The number of nitrogens with one attached hydrogen (secondary N) is 1. The van der Waals surface area contributed by atoms with Gasteiger partial charge in [0.2, 0.25) is 0 Å². The third kappa shape index (κ3) is 3.70. The summed E-state index contributed by atoms with van der Waals surface area (Å²) in [6.07, 6.45) is 0.136. The molecule has 3 aromatic heterocycles. The number of rotatable bonds is 6. The van der Waals surface area contributed by atoms with Crippen LogP contribution in [0.5, 0.6) is 0 Å². The molecule has 4 rings (SSSR count). The number of aromatic nitrogens is 5. The Bertz CT molecular complexity index is 1200. The number of amides is 1. The average Bonchev–Trinajstić information content (AvgIpc) is 3.34. The van der Waals surface area contributed by atoms with Crippen LogP contribution in [0.1, 0.15) is 35.1 Å². The van der Waals surface area contributed by atoms with Gasteiger partial charge >= 0.3 is 0 Å². The molecule has 4 aromatic rings. The smallest absolute Gasteiger partial charge is 0.280 e. The Morgan fingerprint density at radius 1 is 1.20 bits per heavy atom. The summed E-state index contributed by atoms with van der Waals surface area (Å²) < 4.78 is 30.9. The number of halogens is 3. The lowest BCUT2D eigenvalue weighted by Gasteiger charge is -2.09. The van der Waals surface area contributed by atoms with Gasteiger partial charge in [-0.3, -0.25) is 9.48 Å². The highest BCUT2D eigenvalue weighted by atomic mass is 79.9. The quantitative estimate of drug-likeness (QED) is 0.453. The summed E-state index contributed by atoms with van der Waals surface area (Å²) in [5.41, 5.74) is 1.68. The highest BCUT2D eigenvalue weighted by Crippen LogP contribution is 2.26. The molecule has 0 aliphatic rings. The molecule has 0 bridgehead atoms. The maximum atomic E-state index is 13.7. The fraction of sp³-hybridized carbons (Fsp3) is 0.200. The predicted octanol–water partition coefficient (Wildman–Crippen LogP) is 4.24. The molecule has 0 atom stereocenters. The van der Waals surface area contributed by atoms with E-state index in [2.05, 4.69) is 36.4 Å². The Morgan fingerprint density at radius 3 is 2.67 bits per heavy atom. The van der Waals surface area contributed by atoms with Crippen LogP contribution in [0.2, 0.25) is 0 Å². The summed E-state index contributed by atoms with van der Waals surface area (Å²) in [6, 6.07) is 10.2. The standard InChI is InChI=1S/C20H17BrF2N6O/c1-2-28-17(14(21)10-25-28)11-24-20(30)13-9-26-29-16(18(22)23)8-15(27-19(13)29)12-6-4-3-5-7-12/h3-10,18H,2,11H2,1H3,(H,24,30). The summed E-state index contributed by atoms with van der Waals surface area (Å²) in [5, 5.41) is 11.0. The summed E-state index contributed by atoms with van der Waals surface area (Å²) in [5.74, 6) is -0.460. The third-order valence-corrected chi connectivity index (χ3v) is 5.31. The minimum Gasteiger partial charge on any atom is -0.346 e. The average molecular weight is 475 g/mol. The van der Waals surface area contributed by atoms with E-state index in [-0.39, 0.29) is 23.4 Å². The Balaban J connectivity index is 1.71. The molecule has 1 amide bonds. The summed E-state index contributed by atoms with van der Waals surface area (Å²) in [4.78, 5) is 17.3. The lowest BCUT2D eigenvalue weighted by atomic mass is 10.1. The van der Waals surface area contributed by atoms with Crippen LogP contribution in [0.4, 0.5) is 8.78 Å². The fourth-order valence-corrected chi connectivity index (χ4v) is 3.59. The second-order valence-electron chi connectivity index (χ2n) is 6.46. The van der Waals surface area contributed by atoms with Crippen molar-refractivity contribution in [2.24, 2.45) is 0 Å². The molecule has 0 radical (unpaired) electrons. The lowest BCUT2D eigenvalue weighted by molar-refractivity contribution is 0.0951. The Hall–Kier alpha value is -3.14. The van der Waals surface area contributed by atoms with E-state index in [4.69, 9.17) is 0 Å². The van der Waals surface area contributed by atoms with Crippen LogP contribution in [0, 0.1) is 0 Å². The molecule has 0 aliphatic carbocycles. The maximum absolute atomic E-state index is 13.7. The van der Waals surface area contributed by atoms with Crippen LogP contribution in [-0.2, 0) is 13.1 Å². The minimum atomic E-state index is -2.77. The van der Waals surface area contributed by atoms with Crippen molar-refractivity contribution in [3.63, 3.8) is 0 Å². The summed E-state index contributed by atoms with van der Waals surface area (Å²) >= 11 is 3.41. The first-order valence-electron chi connectivity index (χ1n) is 9.20. The predicted molar refractivity (Wildman–Crippen MR) is 110 cm³/mol. The van der Waals surface area contributed by atoms with Crippen molar-refractivity contribution < 1.29 is 13.6 Å². The van der Waals surface area contributed by atoms with Gasteiger partial charge in [0.15, 0.2) is 5.65 Å². The SMILES string of the molecule is CCn1ncc(Br)c1CNC(=O)c1cnn2c(C(F)F)cc(-c3ccccc3)nc12.